The number of halogens is 2. The third-order valence-corrected chi connectivity index (χ3v) is 7.27. The Kier molecular flexibility index (Phi) is 5.77. The van der Waals surface area contributed by atoms with Gasteiger partial charge >= 0.3 is 0 Å². The van der Waals surface area contributed by atoms with Crippen molar-refractivity contribution in [3.63, 3.8) is 0 Å². The molecular formula is C27H23Cl2NO3. The molecule has 1 aliphatic heterocycles. The van der Waals surface area contributed by atoms with Crippen LogP contribution in [0.15, 0.2) is 60.7 Å². The molecule has 0 spiro atoms. The van der Waals surface area contributed by atoms with Crippen LogP contribution in [0.4, 0.5) is 5.69 Å². The molecule has 3 aromatic rings. The number of aryl methyl sites for hydroxylation is 2. The lowest BCUT2D eigenvalue weighted by molar-refractivity contribution is -0.136. The van der Waals surface area contributed by atoms with Crippen LogP contribution in [-0.2, 0) is 29.8 Å². The number of rotatable bonds is 5. The fourth-order valence-corrected chi connectivity index (χ4v) is 5.26. The molecule has 3 aromatic carbocycles. The second-order valence-electron chi connectivity index (χ2n) is 8.80. The largest absolute Gasteiger partial charge is 0.375 e. The summed E-state index contributed by atoms with van der Waals surface area (Å²) in [7, 11) is 0. The number of amides is 1. The highest BCUT2D eigenvalue weighted by Gasteiger charge is 2.51. The van der Waals surface area contributed by atoms with E-state index in [0.29, 0.717) is 26.9 Å². The zero-order valence-corrected chi connectivity index (χ0v) is 19.5. The first-order valence-corrected chi connectivity index (χ1v) is 11.9. The molecule has 0 fully saturated rings. The van der Waals surface area contributed by atoms with E-state index in [0.717, 1.165) is 31.2 Å². The van der Waals surface area contributed by atoms with Gasteiger partial charge in [-0.2, -0.15) is 0 Å². The van der Waals surface area contributed by atoms with Crippen LogP contribution in [0.1, 0.15) is 51.9 Å². The third kappa shape index (κ3) is 3.97. The highest BCUT2D eigenvalue weighted by molar-refractivity contribution is 6.31. The van der Waals surface area contributed by atoms with Crippen LogP contribution in [0.25, 0.3) is 0 Å². The van der Waals surface area contributed by atoms with E-state index in [1.807, 2.05) is 30.3 Å². The molecule has 4 nitrogen and oxygen atoms in total. The summed E-state index contributed by atoms with van der Waals surface area (Å²) in [5, 5.41) is 12.5. The predicted molar refractivity (Wildman–Crippen MR) is 130 cm³/mol. The number of nitrogens with zero attached hydrogens (tertiary/aromatic N) is 1. The maximum absolute atomic E-state index is 13.5. The van der Waals surface area contributed by atoms with E-state index in [4.69, 9.17) is 23.2 Å². The van der Waals surface area contributed by atoms with Crippen molar-refractivity contribution in [2.45, 2.75) is 44.2 Å². The molecule has 0 bridgehead atoms. The molecule has 0 saturated carbocycles. The van der Waals surface area contributed by atoms with Crippen molar-refractivity contribution >= 4 is 40.6 Å². The van der Waals surface area contributed by atoms with E-state index in [-0.39, 0.29) is 18.7 Å². The van der Waals surface area contributed by atoms with Crippen molar-refractivity contribution in [1.82, 2.24) is 0 Å². The van der Waals surface area contributed by atoms with Crippen LogP contribution >= 0.6 is 23.2 Å². The van der Waals surface area contributed by atoms with E-state index in [2.05, 4.69) is 0 Å². The lowest BCUT2D eigenvalue weighted by atomic mass is 9.85. The number of benzene rings is 3. The van der Waals surface area contributed by atoms with Gasteiger partial charge in [-0.1, -0.05) is 53.5 Å². The summed E-state index contributed by atoms with van der Waals surface area (Å²) in [5.74, 6) is -0.823. The molecule has 0 aromatic heterocycles. The van der Waals surface area contributed by atoms with Gasteiger partial charge in [0, 0.05) is 21.2 Å². The van der Waals surface area contributed by atoms with E-state index < -0.39 is 11.5 Å². The number of Topliss-reactive ketones (excluding diaryl/α,β-unsaturated/α-hetero) is 1. The standard InChI is InChI=1S/C27H23Cl2NO3/c28-21-11-12-24-22(14-21)27(33,26(32)30(24)16-20-7-3-4-8-23(20)29)15-25(31)19-10-9-17-5-1-2-6-18(17)13-19/h3-4,7-14,33H,1-2,5-6,15-16H2/t27-/m1/s1. The smallest absolute Gasteiger partial charge is 0.264 e. The summed E-state index contributed by atoms with van der Waals surface area (Å²) in [4.78, 5) is 28.3. The van der Waals surface area contributed by atoms with Crippen LogP contribution in [-0.4, -0.2) is 16.8 Å². The lowest BCUT2D eigenvalue weighted by Gasteiger charge is -2.23. The van der Waals surface area contributed by atoms with Crippen molar-refractivity contribution in [2.75, 3.05) is 4.90 Å². The van der Waals surface area contributed by atoms with Gasteiger partial charge in [0.25, 0.3) is 5.91 Å². The first kappa shape index (κ1) is 22.1. The quantitative estimate of drug-likeness (QED) is 0.464. The molecular weight excluding hydrogens is 457 g/mol. The topological polar surface area (TPSA) is 57.6 Å². The molecule has 1 aliphatic carbocycles. The Morgan fingerprint density at radius 1 is 0.970 bits per heavy atom. The summed E-state index contributed by atoms with van der Waals surface area (Å²) in [6, 6.07) is 17.9. The molecule has 2 aliphatic rings. The van der Waals surface area contributed by atoms with Gasteiger partial charge in [-0.15, -0.1) is 0 Å². The average molecular weight is 480 g/mol. The van der Waals surface area contributed by atoms with E-state index >= 15 is 0 Å². The zero-order valence-electron chi connectivity index (χ0n) is 18.0. The van der Waals surface area contributed by atoms with Gasteiger partial charge in [-0.3, -0.25) is 9.59 Å². The Bertz CT molecular complexity index is 1270. The first-order chi connectivity index (χ1) is 15.9. The molecule has 5 rings (SSSR count). The second kappa shape index (κ2) is 8.60. The fourth-order valence-electron chi connectivity index (χ4n) is 4.89. The van der Waals surface area contributed by atoms with Gasteiger partial charge in [0.15, 0.2) is 11.4 Å². The van der Waals surface area contributed by atoms with Gasteiger partial charge in [-0.25, -0.2) is 0 Å². The van der Waals surface area contributed by atoms with Gasteiger partial charge in [-0.05, 0) is 72.7 Å². The molecule has 33 heavy (non-hydrogen) atoms. The number of ketones is 1. The summed E-state index contributed by atoms with van der Waals surface area (Å²) < 4.78 is 0. The van der Waals surface area contributed by atoms with Gasteiger partial charge < -0.3 is 10.0 Å². The van der Waals surface area contributed by atoms with E-state index in [1.165, 1.54) is 16.0 Å². The summed E-state index contributed by atoms with van der Waals surface area (Å²) in [5.41, 5.74) is 2.61. The minimum atomic E-state index is -1.99. The monoisotopic (exact) mass is 479 g/mol. The number of carbonyl (C=O) groups is 2. The van der Waals surface area contributed by atoms with Crippen LogP contribution in [0, 0.1) is 0 Å². The van der Waals surface area contributed by atoms with Crippen molar-refractivity contribution < 1.29 is 14.7 Å². The number of hydrogen-bond donors (Lipinski definition) is 1. The number of aliphatic hydroxyl groups is 1. The van der Waals surface area contributed by atoms with Crippen molar-refractivity contribution in [3.05, 3.63) is 98.5 Å². The van der Waals surface area contributed by atoms with Crippen molar-refractivity contribution in [3.8, 4) is 0 Å². The second-order valence-corrected chi connectivity index (χ2v) is 9.64. The minimum absolute atomic E-state index is 0.183. The van der Waals surface area contributed by atoms with Crippen LogP contribution in [0.2, 0.25) is 10.0 Å². The highest BCUT2D eigenvalue weighted by atomic mass is 35.5. The van der Waals surface area contributed by atoms with Crippen molar-refractivity contribution in [2.24, 2.45) is 0 Å². The molecule has 1 N–H and O–H groups in total. The molecule has 1 atom stereocenters. The number of fused-ring (bicyclic) bond motifs is 2. The van der Waals surface area contributed by atoms with Gasteiger partial charge in [0.1, 0.15) is 0 Å². The van der Waals surface area contributed by atoms with Crippen LogP contribution in [0.5, 0.6) is 0 Å². The first-order valence-electron chi connectivity index (χ1n) is 11.1. The summed E-state index contributed by atoms with van der Waals surface area (Å²) in [6.07, 6.45) is 3.89. The SMILES string of the molecule is O=C(C[C@]1(O)C(=O)N(Cc2ccccc2Cl)c2ccc(Cl)cc21)c1ccc2c(c1)CCCC2. The molecule has 1 heterocycles. The van der Waals surface area contributed by atoms with Crippen molar-refractivity contribution in [1.29, 1.82) is 0 Å². The Labute approximate surface area is 202 Å². The predicted octanol–water partition coefficient (Wildman–Crippen LogP) is 5.88. The highest BCUT2D eigenvalue weighted by Crippen LogP contribution is 2.45. The Hall–Kier alpha value is -2.66. The molecule has 0 radical (unpaired) electrons. The minimum Gasteiger partial charge on any atom is -0.375 e. The fraction of sp³-hybridized carbons (Fsp3) is 0.259. The Morgan fingerprint density at radius 2 is 1.73 bits per heavy atom. The Morgan fingerprint density at radius 3 is 2.52 bits per heavy atom. The van der Waals surface area contributed by atoms with Gasteiger partial charge in [0.2, 0.25) is 0 Å². The maximum Gasteiger partial charge on any atom is 0.264 e. The lowest BCUT2D eigenvalue weighted by Crippen LogP contribution is -2.41. The zero-order chi connectivity index (χ0) is 23.2. The summed E-state index contributed by atoms with van der Waals surface area (Å²) in [6.45, 7) is 0.183. The molecule has 0 saturated heterocycles. The number of hydrogen-bond acceptors (Lipinski definition) is 3. The molecule has 0 unspecified atom stereocenters. The van der Waals surface area contributed by atoms with Crippen LogP contribution in [0.3, 0.4) is 0 Å². The molecule has 1 amide bonds. The summed E-state index contributed by atoms with van der Waals surface area (Å²) >= 11 is 12.5. The Balaban J connectivity index is 1.49. The average Bonchev–Trinajstić information content (AvgIpc) is 3.01. The number of anilines is 1. The van der Waals surface area contributed by atoms with E-state index in [9.17, 15) is 14.7 Å². The maximum atomic E-state index is 13.5. The molecule has 6 heteroatoms. The molecule has 168 valence electrons. The number of carbonyl (C=O) groups excluding carboxylic acids is 2. The van der Waals surface area contributed by atoms with Crippen LogP contribution < -0.4 is 4.90 Å². The van der Waals surface area contributed by atoms with E-state index in [1.54, 1.807) is 30.3 Å². The normalized spacial score (nSPS) is 19.4. The van der Waals surface area contributed by atoms with Gasteiger partial charge in [0.05, 0.1) is 18.7 Å². The third-order valence-electron chi connectivity index (χ3n) is 6.67.